The van der Waals surface area contributed by atoms with Gasteiger partial charge in [-0.1, -0.05) is 42.5 Å². The molecule has 2 aromatic rings. The molecule has 2 aromatic carbocycles. The number of piperidine rings is 1. The average Bonchev–Trinajstić information content (AvgIpc) is 2.46. The second-order valence-corrected chi connectivity index (χ2v) is 5.27. The van der Waals surface area contributed by atoms with Gasteiger partial charge in [-0.3, -0.25) is 4.79 Å². The number of rotatable bonds is 3. The predicted molar refractivity (Wildman–Crippen MR) is 78.1 cm³/mol. The molecule has 19 heavy (non-hydrogen) atoms. The van der Waals surface area contributed by atoms with E-state index >= 15 is 0 Å². The quantitative estimate of drug-likeness (QED) is 0.821. The van der Waals surface area contributed by atoms with Crippen LogP contribution in [-0.2, 0) is 11.2 Å². The van der Waals surface area contributed by atoms with Gasteiger partial charge in [0.05, 0.1) is 0 Å². The van der Waals surface area contributed by atoms with Crippen LogP contribution in [0.5, 0.6) is 0 Å². The van der Waals surface area contributed by atoms with E-state index in [1.807, 2.05) is 4.90 Å². The number of benzene rings is 2. The van der Waals surface area contributed by atoms with Crippen molar-refractivity contribution in [2.45, 2.75) is 25.7 Å². The first-order chi connectivity index (χ1) is 9.33. The summed E-state index contributed by atoms with van der Waals surface area (Å²) in [4.78, 5) is 13.8. The molecule has 2 heteroatoms. The molecule has 0 atom stereocenters. The number of amides is 1. The summed E-state index contributed by atoms with van der Waals surface area (Å²) in [6.45, 7) is 1.80. The number of hydrogen-bond donors (Lipinski definition) is 0. The average molecular weight is 253 g/mol. The van der Waals surface area contributed by atoms with E-state index in [0.29, 0.717) is 5.91 Å². The zero-order valence-corrected chi connectivity index (χ0v) is 11.1. The van der Waals surface area contributed by atoms with E-state index in [-0.39, 0.29) is 0 Å². The third-order valence-electron chi connectivity index (χ3n) is 3.91. The Balaban J connectivity index is 1.69. The Bertz CT molecular complexity index is 591. The zero-order chi connectivity index (χ0) is 13.1. The van der Waals surface area contributed by atoms with Crippen LogP contribution >= 0.6 is 0 Å². The van der Waals surface area contributed by atoms with Crippen molar-refractivity contribution in [3.05, 3.63) is 48.0 Å². The summed E-state index contributed by atoms with van der Waals surface area (Å²) in [7, 11) is 0. The molecule has 1 fully saturated rings. The summed E-state index contributed by atoms with van der Waals surface area (Å²) in [5, 5.41) is 2.56. The molecule has 0 aliphatic carbocycles. The number of nitrogens with zero attached hydrogens (tertiary/aromatic N) is 1. The molecule has 0 aromatic heterocycles. The Hall–Kier alpha value is -1.83. The lowest BCUT2D eigenvalue weighted by Gasteiger charge is -2.26. The van der Waals surface area contributed by atoms with Crippen LogP contribution in [0.25, 0.3) is 10.8 Å². The van der Waals surface area contributed by atoms with E-state index in [9.17, 15) is 4.79 Å². The van der Waals surface area contributed by atoms with Gasteiger partial charge in [-0.15, -0.1) is 0 Å². The molecule has 0 bridgehead atoms. The molecule has 0 radical (unpaired) electrons. The molecule has 0 saturated carbocycles. The lowest BCUT2D eigenvalue weighted by molar-refractivity contribution is -0.133. The first-order valence-corrected chi connectivity index (χ1v) is 7.08. The summed E-state index contributed by atoms with van der Waals surface area (Å²) in [5.74, 6) is 0.326. The van der Waals surface area contributed by atoms with Gasteiger partial charge in [-0.05, 0) is 35.6 Å². The Kier molecular flexibility index (Phi) is 3.49. The van der Waals surface area contributed by atoms with Crippen LogP contribution in [-0.4, -0.2) is 23.9 Å². The van der Waals surface area contributed by atoms with E-state index in [1.54, 1.807) is 0 Å². The highest BCUT2D eigenvalue weighted by atomic mass is 16.2. The number of likely N-dealkylation sites (tertiary alicyclic amines) is 1. The molecule has 1 saturated heterocycles. The minimum atomic E-state index is 0.326. The molecular formula is C17H19NO. The zero-order valence-electron chi connectivity index (χ0n) is 11.1. The Morgan fingerprint density at radius 1 is 1.00 bits per heavy atom. The van der Waals surface area contributed by atoms with Gasteiger partial charge in [0.1, 0.15) is 0 Å². The van der Waals surface area contributed by atoms with E-state index in [4.69, 9.17) is 0 Å². The van der Waals surface area contributed by atoms with Crippen molar-refractivity contribution in [3.63, 3.8) is 0 Å². The fourth-order valence-corrected chi connectivity index (χ4v) is 2.76. The molecule has 0 N–H and O–H groups in total. The van der Waals surface area contributed by atoms with Crippen LogP contribution in [0, 0.1) is 0 Å². The maximum Gasteiger partial charge on any atom is 0.222 e. The Morgan fingerprint density at radius 2 is 1.84 bits per heavy atom. The summed E-state index contributed by atoms with van der Waals surface area (Å²) < 4.78 is 0. The largest absolute Gasteiger partial charge is 0.342 e. The summed E-state index contributed by atoms with van der Waals surface area (Å²) in [6, 6.07) is 15.0. The van der Waals surface area contributed by atoms with Crippen LogP contribution < -0.4 is 0 Å². The van der Waals surface area contributed by atoms with Gasteiger partial charge in [-0.2, -0.15) is 0 Å². The fraction of sp³-hybridized carbons (Fsp3) is 0.353. The van der Waals surface area contributed by atoms with Crippen LogP contribution in [0.3, 0.4) is 0 Å². The van der Waals surface area contributed by atoms with Gasteiger partial charge in [0.25, 0.3) is 0 Å². The minimum Gasteiger partial charge on any atom is -0.342 e. The normalized spacial score (nSPS) is 16.0. The van der Waals surface area contributed by atoms with Crippen molar-refractivity contribution in [2.75, 3.05) is 13.1 Å². The van der Waals surface area contributed by atoms with Crippen molar-refractivity contribution in [1.29, 1.82) is 0 Å². The van der Waals surface area contributed by atoms with Gasteiger partial charge in [0.2, 0.25) is 5.91 Å². The van der Waals surface area contributed by atoms with Gasteiger partial charge >= 0.3 is 0 Å². The maximum absolute atomic E-state index is 11.8. The molecular weight excluding hydrogens is 234 g/mol. The highest BCUT2D eigenvalue weighted by molar-refractivity contribution is 5.83. The molecule has 98 valence electrons. The number of carbonyl (C=O) groups is 1. The molecule has 0 unspecified atom stereocenters. The maximum atomic E-state index is 11.8. The van der Waals surface area contributed by atoms with Gasteiger partial charge in [-0.25, -0.2) is 0 Å². The topological polar surface area (TPSA) is 20.3 Å². The Morgan fingerprint density at radius 3 is 2.68 bits per heavy atom. The summed E-state index contributed by atoms with van der Waals surface area (Å²) in [5.41, 5.74) is 1.32. The van der Waals surface area contributed by atoms with E-state index in [1.165, 1.54) is 16.3 Å². The third kappa shape index (κ3) is 2.78. The van der Waals surface area contributed by atoms with Crippen molar-refractivity contribution in [3.8, 4) is 0 Å². The second kappa shape index (κ2) is 5.43. The Labute approximate surface area is 114 Å². The highest BCUT2D eigenvalue weighted by Crippen LogP contribution is 2.17. The second-order valence-electron chi connectivity index (χ2n) is 5.27. The first kappa shape index (κ1) is 12.2. The minimum absolute atomic E-state index is 0.326. The summed E-state index contributed by atoms with van der Waals surface area (Å²) >= 11 is 0. The predicted octanol–water partition coefficient (Wildman–Crippen LogP) is 3.39. The first-order valence-electron chi connectivity index (χ1n) is 7.08. The number of carbonyl (C=O) groups excluding carboxylic acids is 1. The third-order valence-corrected chi connectivity index (χ3v) is 3.91. The monoisotopic (exact) mass is 253 g/mol. The number of hydrogen-bond acceptors (Lipinski definition) is 1. The van der Waals surface area contributed by atoms with Crippen LogP contribution in [0.4, 0.5) is 0 Å². The molecule has 2 nitrogen and oxygen atoms in total. The molecule has 1 heterocycles. The van der Waals surface area contributed by atoms with Crippen LogP contribution in [0.1, 0.15) is 24.8 Å². The van der Waals surface area contributed by atoms with E-state index in [2.05, 4.69) is 42.5 Å². The van der Waals surface area contributed by atoms with Crippen molar-refractivity contribution in [1.82, 2.24) is 4.90 Å². The van der Waals surface area contributed by atoms with Crippen molar-refractivity contribution >= 4 is 16.7 Å². The SMILES string of the molecule is O=C1CCCCN1CCc1ccc2ccccc2c1. The molecule has 0 spiro atoms. The summed E-state index contributed by atoms with van der Waals surface area (Å²) in [6.07, 6.45) is 3.91. The van der Waals surface area contributed by atoms with Crippen LogP contribution in [0.2, 0.25) is 0 Å². The fourth-order valence-electron chi connectivity index (χ4n) is 2.76. The van der Waals surface area contributed by atoms with Gasteiger partial charge in [0.15, 0.2) is 0 Å². The number of fused-ring (bicyclic) bond motifs is 1. The lowest BCUT2D eigenvalue weighted by Crippen LogP contribution is -2.36. The molecule has 3 rings (SSSR count). The van der Waals surface area contributed by atoms with Gasteiger partial charge < -0.3 is 4.90 Å². The smallest absolute Gasteiger partial charge is 0.222 e. The molecule has 1 aliphatic rings. The lowest BCUT2D eigenvalue weighted by atomic mass is 10.0. The van der Waals surface area contributed by atoms with E-state index in [0.717, 1.165) is 38.8 Å². The van der Waals surface area contributed by atoms with Crippen LogP contribution in [0.15, 0.2) is 42.5 Å². The highest BCUT2D eigenvalue weighted by Gasteiger charge is 2.17. The van der Waals surface area contributed by atoms with Crippen molar-refractivity contribution < 1.29 is 4.79 Å². The van der Waals surface area contributed by atoms with Crippen molar-refractivity contribution in [2.24, 2.45) is 0 Å². The molecule has 1 amide bonds. The van der Waals surface area contributed by atoms with Gasteiger partial charge in [0, 0.05) is 19.5 Å². The molecule has 1 aliphatic heterocycles. The standard InChI is InChI=1S/C17H19NO/c19-17-7-3-4-11-18(17)12-10-14-8-9-15-5-1-2-6-16(15)13-14/h1-2,5-6,8-9,13H,3-4,7,10-12H2. The van der Waals surface area contributed by atoms with E-state index < -0.39 is 0 Å².